The van der Waals surface area contributed by atoms with E-state index in [0.29, 0.717) is 18.5 Å². The van der Waals surface area contributed by atoms with Gasteiger partial charge in [-0.3, -0.25) is 0 Å². The Bertz CT molecular complexity index is 1680. The molecule has 7 nitrogen and oxygen atoms in total. The molecule has 0 atom stereocenters. The fourth-order valence-corrected chi connectivity index (χ4v) is 6.27. The molecular weight excluding hydrogens is 612 g/mol. The van der Waals surface area contributed by atoms with Crippen molar-refractivity contribution in [3.05, 3.63) is 76.3 Å². The highest BCUT2D eigenvalue weighted by molar-refractivity contribution is 9.10. The number of ether oxygens (including phenoxy) is 1. The van der Waals surface area contributed by atoms with Gasteiger partial charge >= 0.3 is 0 Å². The largest absolute Gasteiger partial charge is 0.492 e. The van der Waals surface area contributed by atoms with Crippen LogP contribution in [0.2, 0.25) is 0 Å². The number of nitrogens with zero attached hydrogens (tertiary/aromatic N) is 4. The number of hydrogen-bond acceptors (Lipinski definition) is 7. The van der Waals surface area contributed by atoms with Gasteiger partial charge in [-0.25, -0.2) is 8.78 Å². The van der Waals surface area contributed by atoms with Crippen molar-refractivity contribution in [1.29, 1.82) is 0 Å². The summed E-state index contributed by atoms with van der Waals surface area (Å²) in [5.41, 5.74) is 2.22. The Morgan fingerprint density at radius 1 is 1.10 bits per heavy atom. The van der Waals surface area contributed by atoms with Gasteiger partial charge in [0.05, 0.1) is 46.0 Å². The molecule has 0 radical (unpaired) electrons. The number of furan rings is 1. The van der Waals surface area contributed by atoms with E-state index in [1.807, 2.05) is 44.1 Å². The lowest BCUT2D eigenvalue weighted by molar-refractivity contribution is 0.317. The summed E-state index contributed by atoms with van der Waals surface area (Å²) in [6.45, 7) is 1.36. The summed E-state index contributed by atoms with van der Waals surface area (Å²) >= 11 is 5.53. The molecule has 0 bridgehead atoms. The maximum Gasteiger partial charge on any atom is 0.163 e. The molecule has 5 aromatic rings. The van der Waals surface area contributed by atoms with Crippen LogP contribution in [-0.2, 0) is 12.3 Å². The van der Waals surface area contributed by atoms with Gasteiger partial charge in [0.1, 0.15) is 28.9 Å². The number of nitrogens with one attached hydrogen (secondary N) is 1. The molecule has 214 valence electrons. The predicted octanol–water partition coefficient (Wildman–Crippen LogP) is 8.06. The smallest absolute Gasteiger partial charge is 0.163 e. The van der Waals surface area contributed by atoms with Crippen molar-refractivity contribution >= 4 is 61.0 Å². The van der Waals surface area contributed by atoms with Gasteiger partial charge in [0.25, 0.3) is 0 Å². The highest BCUT2D eigenvalue weighted by atomic mass is 79.9. The van der Waals surface area contributed by atoms with Gasteiger partial charge in [-0.1, -0.05) is 0 Å². The van der Waals surface area contributed by atoms with Crippen LogP contribution in [0.3, 0.4) is 0 Å². The molecule has 1 aliphatic carbocycles. The molecule has 2 aromatic carbocycles. The molecule has 1 saturated carbocycles. The second kappa shape index (κ2) is 12.0. The van der Waals surface area contributed by atoms with E-state index in [2.05, 4.69) is 47.0 Å². The molecule has 3 heterocycles. The van der Waals surface area contributed by atoms with Gasteiger partial charge < -0.3 is 23.9 Å². The molecule has 1 fully saturated rings. The number of benzene rings is 2. The SMILES string of the molecule is CN(C)Cc1ccc(CSCCCOc2cc3c4c(Nc5cc(F)cc(F)c5)nncc4n(C4CC4)c3cc2Br)o1. The van der Waals surface area contributed by atoms with Crippen molar-refractivity contribution in [3.8, 4) is 5.75 Å². The zero-order valence-electron chi connectivity index (χ0n) is 22.8. The average molecular weight is 643 g/mol. The molecule has 6 rings (SSSR count). The maximum atomic E-state index is 13.9. The number of hydrogen-bond donors (Lipinski definition) is 1. The third kappa shape index (κ3) is 6.37. The summed E-state index contributed by atoms with van der Waals surface area (Å²) in [5, 5.41) is 13.4. The Morgan fingerprint density at radius 3 is 2.63 bits per heavy atom. The third-order valence-corrected chi connectivity index (χ3v) is 8.52. The maximum absolute atomic E-state index is 13.9. The molecule has 11 heteroatoms. The van der Waals surface area contributed by atoms with E-state index in [0.717, 1.165) is 86.9 Å². The van der Waals surface area contributed by atoms with E-state index in [4.69, 9.17) is 9.15 Å². The van der Waals surface area contributed by atoms with Crippen molar-refractivity contribution < 1.29 is 17.9 Å². The summed E-state index contributed by atoms with van der Waals surface area (Å²) in [4.78, 5) is 2.09. The first kappa shape index (κ1) is 28.0. The first-order chi connectivity index (χ1) is 19.9. The Hall–Kier alpha value is -3.15. The zero-order valence-corrected chi connectivity index (χ0v) is 25.2. The molecule has 41 heavy (non-hydrogen) atoms. The fourth-order valence-electron chi connectivity index (χ4n) is 5.00. The lowest BCUT2D eigenvalue weighted by atomic mass is 10.2. The minimum atomic E-state index is -0.663. The van der Waals surface area contributed by atoms with E-state index in [1.165, 1.54) is 12.1 Å². The summed E-state index contributed by atoms with van der Waals surface area (Å²) in [7, 11) is 4.05. The number of halogens is 3. The number of rotatable bonds is 12. The normalized spacial score (nSPS) is 13.5. The zero-order chi connectivity index (χ0) is 28.5. The lowest BCUT2D eigenvalue weighted by Crippen LogP contribution is -2.09. The molecule has 1 aliphatic rings. The van der Waals surface area contributed by atoms with Crippen molar-refractivity contribution in [3.63, 3.8) is 0 Å². The highest BCUT2D eigenvalue weighted by Crippen LogP contribution is 2.46. The fraction of sp³-hybridized carbons (Fsp3) is 0.333. The Morgan fingerprint density at radius 2 is 1.88 bits per heavy atom. The highest BCUT2D eigenvalue weighted by Gasteiger charge is 2.29. The topological polar surface area (TPSA) is 68.3 Å². The first-order valence-corrected chi connectivity index (χ1v) is 15.5. The van der Waals surface area contributed by atoms with Gasteiger partial charge in [-0.15, -0.1) is 5.10 Å². The average Bonchev–Trinajstić information content (AvgIpc) is 3.57. The van der Waals surface area contributed by atoms with E-state index in [1.54, 1.807) is 6.20 Å². The van der Waals surface area contributed by atoms with Crippen LogP contribution in [0.25, 0.3) is 21.8 Å². The van der Waals surface area contributed by atoms with Crippen LogP contribution in [0, 0.1) is 11.6 Å². The number of thioether (sulfide) groups is 1. The van der Waals surface area contributed by atoms with Crippen LogP contribution in [0.1, 0.15) is 36.8 Å². The van der Waals surface area contributed by atoms with Crippen LogP contribution >= 0.6 is 27.7 Å². The summed E-state index contributed by atoms with van der Waals surface area (Å²) in [5.74, 6) is 3.58. The van der Waals surface area contributed by atoms with Crippen molar-refractivity contribution in [1.82, 2.24) is 19.7 Å². The second-order valence-corrected chi connectivity index (χ2v) is 12.5. The summed E-state index contributed by atoms with van der Waals surface area (Å²) in [6.07, 6.45) is 4.80. The van der Waals surface area contributed by atoms with Crippen LogP contribution in [-0.4, -0.2) is 46.1 Å². The Balaban J connectivity index is 1.19. The predicted molar refractivity (Wildman–Crippen MR) is 163 cm³/mol. The van der Waals surface area contributed by atoms with Gasteiger partial charge in [0.15, 0.2) is 5.82 Å². The van der Waals surface area contributed by atoms with Crippen molar-refractivity contribution in [2.24, 2.45) is 0 Å². The standard InChI is InChI=1S/C30H30BrF2N5O2S/c1-37(2)16-22-6-7-23(40-22)17-41-9-3-8-39-28-13-24-26(14-25(28)31)38(21-4-5-21)27-15-34-36-30(29(24)27)35-20-11-18(32)10-19(33)12-20/h6-7,10-15,21H,3-5,8-9,16-17H2,1-2H3,(H,35,36). The third-order valence-electron chi connectivity index (χ3n) is 6.83. The first-order valence-electron chi connectivity index (χ1n) is 13.5. The number of aromatic nitrogens is 3. The Labute approximate surface area is 249 Å². The lowest BCUT2D eigenvalue weighted by Gasteiger charge is -2.10. The van der Waals surface area contributed by atoms with E-state index in [-0.39, 0.29) is 5.69 Å². The summed E-state index contributed by atoms with van der Waals surface area (Å²) < 4.78 is 43.0. The minimum absolute atomic E-state index is 0.270. The van der Waals surface area contributed by atoms with Gasteiger partial charge in [-0.2, -0.15) is 16.9 Å². The molecule has 0 aliphatic heterocycles. The van der Waals surface area contributed by atoms with Gasteiger partial charge in [-0.05, 0) is 91.4 Å². The van der Waals surface area contributed by atoms with E-state index in [9.17, 15) is 8.78 Å². The van der Waals surface area contributed by atoms with Gasteiger partial charge in [0.2, 0.25) is 0 Å². The second-order valence-electron chi connectivity index (χ2n) is 10.5. The minimum Gasteiger partial charge on any atom is -0.492 e. The molecule has 0 saturated heterocycles. The summed E-state index contributed by atoms with van der Waals surface area (Å²) in [6, 6.07) is 11.9. The van der Waals surface area contributed by atoms with Crippen LogP contribution in [0.15, 0.2) is 57.6 Å². The molecule has 0 spiro atoms. The molecule has 0 unspecified atom stereocenters. The van der Waals surface area contributed by atoms with Gasteiger partial charge in [0, 0.05) is 23.2 Å². The molecule has 1 N–H and O–H groups in total. The Kier molecular flexibility index (Phi) is 8.19. The van der Waals surface area contributed by atoms with Crippen LogP contribution in [0.5, 0.6) is 5.75 Å². The van der Waals surface area contributed by atoms with E-state index >= 15 is 0 Å². The van der Waals surface area contributed by atoms with Crippen LogP contribution < -0.4 is 10.1 Å². The van der Waals surface area contributed by atoms with E-state index < -0.39 is 11.6 Å². The quantitative estimate of drug-likeness (QED) is 0.138. The van der Waals surface area contributed by atoms with Crippen molar-refractivity contribution in [2.75, 3.05) is 31.8 Å². The molecular formula is C30H30BrF2N5O2S. The number of anilines is 2. The van der Waals surface area contributed by atoms with Crippen LogP contribution in [0.4, 0.5) is 20.3 Å². The van der Waals surface area contributed by atoms with Crippen molar-refractivity contribution in [2.45, 2.75) is 37.6 Å². The molecule has 0 amide bonds. The monoisotopic (exact) mass is 641 g/mol. The molecule has 3 aromatic heterocycles. The number of fused-ring (bicyclic) bond motifs is 3.